The maximum Gasteiger partial charge on any atom is 0.329 e. The number of carboxylic acids is 1. The maximum atomic E-state index is 12.1. The Hall–Kier alpha value is -1.59. The van der Waals surface area contributed by atoms with Gasteiger partial charge in [0, 0.05) is 25.4 Å². The molecule has 1 fully saturated rings. The fraction of sp³-hybridized carbons (Fsp3) is 0.800. The van der Waals surface area contributed by atoms with Crippen molar-refractivity contribution in [1.29, 1.82) is 0 Å². The van der Waals surface area contributed by atoms with Crippen molar-refractivity contribution in [3.05, 3.63) is 0 Å². The number of likely N-dealkylation sites (N-methyl/N-ethyl adjacent to an activating group) is 1. The number of aliphatic carboxylic acids is 1. The van der Waals surface area contributed by atoms with Gasteiger partial charge in [-0.25, -0.2) is 4.79 Å². The lowest BCUT2D eigenvalue weighted by Crippen LogP contribution is -2.52. The minimum atomic E-state index is -1.26. The molecule has 0 bridgehead atoms. The standard InChI is InChI=1S/C15H26N2O4/c1-10(16-13(19)11-7-5-6-8-11)9-12(18)17(4)15(2,3)14(20)21/h10-11H,5-9H2,1-4H3,(H,16,19)(H,20,21). The lowest BCUT2D eigenvalue weighted by molar-refractivity contribution is -0.155. The molecular formula is C15H26N2O4. The van der Waals surface area contributed by atoms with Gasteiger partial charge in [0.1, 0.15) is 5.54 Å². The van der Waals surface area contributed by atoms with Crippen molar-refractivity contribution in [1.82, 2.24) is 10.2 Å². The Morgan fingerprint density at radius 1 is 1.29 bits per heavy atom. The van der Waals surface area contributed by atoms with E-state index in [1.807, 2.05) is 0 Å². The number of amides is 2. The second-order valence-corrected chi connectivity index (χ2v) is 6.41. The van der Waals surface area contributed by atoms with Crippen LogP contribution in [0.2, 0.25) is 0 Å². The lowest BCUT2D eigenvalue weighted by atomic mass is 10.0. The van der Waals surface area contributed by atoms with Gasteiger partial charge in [-0.1, -0.05) is 12.8 Å². The zero-order valence-electron chi connectivity index (χ0n) is 13.3. The summed E-state index contributed by atoms with van der Waals surface area (Å²) in [5.74, 6) is -1.27. The van der Waals surface area contributed by atoms with E-state index in [1.54, 1.807) is 6.92 Å². The van der Waals surface area contributed by atoms with Crippen LogP contribution in [0.4, 0.5) is 0 Å². The smallest absolute Gasteiger partial charge is 0.329 e. The summed E-state index contributed by atoms with van der Waals surface area (Å²) in [5.41, 5.74) is -1.26. The zero-order valence-corrected chi connectivity index (χ0v) is 13.3. The number of hydrogen-bond donors (Lipinski definition) is 2. The Kier molecular flexibility index (Phi) is 5.75. The zero-order chi connectivity index (χ0) is 16.2. The van der Waals surface area contributed by atoms with E-state index in [0.29, 0.717) is 0 Å². The summed E-state index contributed by atoms with van der Waals surface area (Å²) in [4.78, 5) is 36.5. The Balaban J connectivity index is 2.50. The van der Waals surface area contributed by atoms with Gasteiger partial charge in [0.25, 0.3) is 0 Å². The van der Waals surface area contributed by atoms with E-state index in [4.69, 9.17) is 5.11 Å². The Bertz CT molecular complexity index is 414. The van der Waals surface area contributed by atoms with Crippen LogP contribution in [-0.2, 0) is 14.4 Å². The molecule has 0 aromatic rings. The third kappa shape index (κ3) is 4.44. The average Bonchev–Trinajstić information content (AvgIpc) is 2.91. The van der Waals surface area contributed by atoms with E-state index in [1.165, 1.54) is 25.8 Å². The molecule has 0 heterocycles. The Morgan fingerprint density at radius 3 is 2.29 bits per heavy atom. The monoisotopic (exact) mass is 298 g/mol. The molecule has 1 rings (SSSR count). The molecule has 0 saturated heterocycles. The quantitative estimate of drug-likeness (QED) is 0.776. The molecule has 1 atom stereocenters. The van der Waals surface area contributed by atoms with Crippen LogP contribution in [0, 0.1) is 5.92 Å². The SMILES string of the molecule is CC(CC(=O)N(C)C(C)(C)C(=O)O)NC(=O)C1CCCC1. The molecule has 0 aromatic heterocycles. The summed E-state index contributed by atoms with van der Waals surface area (Å²) >= 11 is 0. The van der Waals surface area contributed by atoms with Gasteiger partial charge < -0.3 is 15.3 Å². The normalized spacial score (nSPS) is 17.3. The van der Waals surface area contributed by atoms with E-state index in [0.717, 1.165) is 25.7 Å². The third-order valence-corrected chi connectivity index (χ3v) is 4.33. The molecular weight excluding hydrogens is 272 g/mol. The van der Waals surface area contributed by atoms with Crippen molar-refractivity contribution in [3.8, 4) is 0 Å². The number of carbonyl (C=O) groups excluding carboxylic acids is 2. The van der Waals surface area contributed by atoms with E-state index in [2.05, 4.69) is 5.32 Å². The van der Waals surface area contributed by atoms with Crippen LogP contribution in [0.3, 0.4) is 0 Å². The summed E-state index contributed by atoms with van der Waals surface area (Å²) in [6, 6.07) is -0.294. The molecule has 2 amide bonds. The first-order chi connectivity index (χ1) is 9.66. The second-order valence-electron chi connectivity index (χ2n) is 6.41. The van der Waals surface area contributed by atoms with Crippen molar-refractivity contribution in [3.63, 3.8) is 0 Å². The van der Waals surface area contributed by atoms with Crippen molar-refractivity contribution in [2.24, 2.45) is 5.92 Å². The summed E-state index contributed by atoms with van der Waals surface area (Å²) in [6.07, 6.45) is 4.10. The van der Waals surface area contributed by atoms with Gasteiger partial charge in [-0.05, 0) is 33.6 Å². The summed E-state index contributed by atoms with van der Waals surface area (Å²) in [5, 5.41) is 12.0. The highest BCUT2D eigenvalue weighted by atomic mass is 16.4. The van der Waals surface area contributed by atoms with Crippen LogP contribution in [0.1, 0.15) is 52.9 Å². The Labute approximate surface area is 125 Å². The number of carboxylic acid groups (broad SMARTS) is 1. The first-order valence-electron chi connectivity index (χ1n) is 7.46. The van der Waals surface area contributed by atoms with Crippen molar-refractivity contribution < 1.29 is 19.5 Å². The molecule has 0 aromatic carbocycles. The molecule has 1 aliphatic rings. The number of nitrogens with zero attached hydrogens (tertiary/aromatic N) is 1. The highest BCUT2D eigenvalue weighted by Gasteiger charge is 2.35. The van der Waals surface area contributed by atoms with Gasteiger partial charge >= 0.3 is 5.97 Å². The number of nitrogens with one attached hydrogen (secondary N) is 1. The molecule has 0 radical (unpaired) electrons. The van der Waals surface area contributed by atoms with Crippen LogP contribution >= 0.6 is 0 Å². The molecule has 6 heteroatoms. The average molecular weight is 298 g/mol. The van der Waals surface area contributed by atoms with E-state index in [-0.39, 0.29) is 30.2 Å². The van der Waals surface area contributed by atoms with Gasteiger partial charge in [-0.15, -0.1) is 0 Å². The van der Waals surface area contributed by atoms with E-state index in [9.17, 15) is 14.4 Å². The van der Waals surface area contributed by atoms with Gasteiger partial charge in [-0.3, -0.25) is 9.59 Å². The predicted molar refractivity (Wildman–Crippen MR) is 78.7 cm³/mol. The summed E-state index contributed by atoms with van der Waals surface area (Å²) in [6.45, 7) is 4.73. The molecule has 21 heavy (non-hydrogen) atoms. The molecule has 0 spiro atoms. The van der Waals surface area contributed by atoms with Gasteiger partial charge in [0.2, 0.25) is 11.8 Å². The molecule has 2 N–H and O–H groups in total. The largest absolute Gasteiger partial charge is 0.480 e. The van der Waals surface area contributed by atoms with E-state index < -0.39 is 11.5 Å². The highest BCUT2D eigenvalue weighted by Crippen LogP contribution is 2.24. The number of hydrogen-bond acceptors (Lipinski definition) is 3. The Morgan fingerprint density at radius 2 is 1.81 bits per heavy atom. The lowest BCUT2D eigenvalue weighted by Gasteiger charge is -2.32. The summed E-state index contributed by atoms with van der Waals surface area (Å²) in [7, 11) is 1.47. The highest BCUT2D eigenvalue weighted by molar-refractivity contribution is 5.87. The molecule has 1 unspecified atom stereocenters. The van der Waals surface area contributed by atoms with Crippen LogP contribution in [0.25, 0.3) is 0 Å². The van der Waals surface area contributed by atoms with Crippen LogP contribution in [-0.4, -0.2) is 46.4 Å². The fourth-order valence-electron chi connectivity index (χ4n) is 2.45. The second kappa shape index (κ2) is 6.91. The molecule has 0 aliphatic heterocycles. The van der Waals surface area contributed by atoms with Crippen LogP contribution in [0.15, 0.2) is 0 Å². The van der Waals surface area contributed by atoms with Gasteiger partial charge in [0.05, 0.1) is 0 Å². The fourth-order valence-corrected chi connectivity index (χ4v) is 2.45. The molecule has 1 aliphatic carbocycles. The first kappa shape index (κ1) is 17.5. The van der Waals surface area contributed by atoms with Crippen LogP contribution < -0.4 is 5.32 Å². The predicted octanol–water partition coefficient (Wildman–Crippen LogP) is 1.39. The van der Waals surface area contributed by atoms with Crippen molar-refractivity contribution >= 4 is 17.8 Å². The topological polar surface area (TPSA) is 86.7 Å². The maximum absolute atomic E-state index is 12.1. The number of carbonyl (C=O) groups is 3. The van der Waals surface area contributed by atoms with E-state index >= 15 is 0 Å². The number of rotatable bonds is 6. The molecule has 1 saturated carbocycles. The minimum absolute atomic E-state index is 0.00736. The molecule has 6 nitrogen and oxygen atoms in total. The van der Waals surface area contributed by atoms with Crippen LogP contribution in [0.5, 0.6) is 0 Å². The molecule has 120 valence electrons. The summed E-state index contributed by atoms with van der Waals surface area (Å²) < 4.78 is 0. The van der Waals surface area contributed by atoms with Gasteiger partial charge in [0.15, 0.2) is 0 Å². The van der Waals surface area contributed by atoms with Crippen molar-refractivity contribution in [2.75, 3.05) is 7.05 Å². The minimum Gasteiger partial charge on any atom is -0.480 e. The first-order valence-corrected chi connectivity index (χ1v) is 7.46. The van der Waals surface area contributed by atoms with Gasteiger partial charge in [-0.2, -0.15) is 0 Å². The third-order valence-electron chi connectivity index (χ3n) is 4.33. The van der Waals surface area contributed by atoms with Crippen molar-refractivity contribution in [2.45, 2.75) is 64.5 Å².